The molecule has 1 fully saturated rings. The summed E-state index contributed by atoms with van der Waals surface area (Å²) in [5, 5.41) is 3.60. The van der Waals surface area contributed by atoms with Crippen LogP contribution in [0.1, 0.15) is 50.3 Å². The van der Waals surface area contributed by atoms with E-state index in [1.54, 1.807) is 5.56 Å². The molecule has 0 amide bonds. The Bertz CT molecular complexity index is 456. The van der Waals surface area contributed by atoms with Gasteiger partial charge in [-0.3, -0.25) is 4.90 Å². The summed E-state index contributed by atoms with van der Waals surface area (Å²) in [6.45, 7) is 6.09. The predicted molar refractivity (Wildman–Crippen MR) is 84.9 cm³/mol. The molecule has 1 N–H and O–H groups in total. The molecule has 2 aliphatic rings. The fraction of sp³-hybridized carbons (Fsp3) is 0.667. The van der Waals surface area contributed by atoms with E-state index in [4.69, 9.17) is 0 Å². The first kappa shape index (κ1) is 14.1. The summed E-state index contributed by atoms with van der Waals surface area (Å²) in [7, 11) is 2.12. The largest absolute Gasteiger partial charge is 0.312 e. The maximum atomic E-state index is 3.60. The highest BCUT2D eigenvalue weighted by Gasteiger charge is 2.36. The first-order valence-electron chi connectivity index (χ1n) is 8.21. The highest BCUT2D eigenvalue weighted by Crippen LogP contribution is 2.36. The van der Waals surface area contributed by atoms with Crippen molar-refractivity contribution in [1.82, 2.24) is 10.2 Å². The lowest BCUT2D eigenvalue weighted by Crippen LogP contribution is -2.52. The third-order valence-corrected chi connectivity index (χ3v) is 5.41. The van der Waals surface area contributed by atoms with Crippen molar-refractivity contribution >= 4 is 0 Å². The number of nitrogens with zero attached hydrogens (tertiary/aromatic N) is 1. The highest BCUT2D eigenvalue weighted by molar-refractivity contribution is 5.34. The summed E-state index contributed by atoms with van der Waals surface area (Å²) in [5.41, 5.74) is 3.07. The average molecular weight is 272 g/mol. The van der Waals surface area contributed by atoms with Crippen molar-refractivity contribution in [3.05, 3.63) is 35.4 Å². The standard InChI is InChI=1S/C18H28N2/c1-13-10-11-20(14(2)12-13)17-9-8-15-6-4-5-7-16(15)18(17)19-3/h4-7,13-14,17-19H,8-12H2,1-3H3. The van der Waals surface area contributed by atoms with E-state index >= 15 is 0 Å². The van der Waals surface area contributed by atoms with Crippen LogP contribution in [-0.4, -0.2) is 30.6 Å². The second kappa shape index (κ2) is 5.87. The molecule has 1 aliphatic carbocycles. The summed E-state index contributed by atoms with van der Waals surface area (Å²) in [4.78, 5) is 2.77. The van der Waals surface area contributed by atoms with Gasteiger partial charge in [-0.05, 0) is 63.2 Å². The van der Waals surface area contributed by atoms with Crippen LogP contribution in [0.25, 0.3) is 0 Å². The maximum absolute atomic E-state index is 3.60. The minimum Gasteiger partial charge on any atom is -0.312 e. The number of likely N-dealkylation sites (tertiary alicyclic amines) is 1. The second-order valence-electron chi connectivity index (χ2n) is 6.79. The van der Waals surface area contributed by atoms with Gasteiger partial charge in [-0.15, -0.1) is 0 Å². The van der Waals surface area contributed by atoms with Crippen molar-refractivity contribution in [3.8, 4) is 0 Å². The van der Waals surface area contributed by atoms with Gasteiger partial charge in [0, 0.05) is 18.1 Å². The lowest BCUT2D eigenvalue weighted by Gasteiger charge is -2.47. The monoisotopic (exact) mass is 272 g/mol. The number of hydrogen-bond donors (Lipinski definition) is 1. The molecule has 110 valence electrons. The van der Waals surface area contributed by atoms with Gasteiger partial charge in [-0.25, -0.2) is 0 Å². The van der Waals surface area contributed by atoms with Gasteiger partial charge < -0.3 is 5.32 Å². The fourth-order valence-corrected chi connectivity index (χ4v) is 4.37. The zero-order valence-electron chi connectivity index (χ0n) is 13.1. The quantitative estimate of drug-likeness (QED) is 0.888. The molecule has 0 bridgehead atoms. The molecule has 3 rings (SSSR count). The van der Waals surface area contributed by atoms with Crippen LogP contribution in [-0.2, 0) is 6.42 Å². The normalized spacial score (nSPS) is 34.8. The Kier molecular flexibility index (Phi) is 4.13. The van der Waals surface area contributed by atoms with Crippen LogP contribution in [0, 0.1) is 5.92 Å². The van der Waals surface area contributed by atoms with E-state index < -0.39 is 0 Å². The van der Waals surface area contributed by atoms with Gasteiger partial charge in [0.2, 0.25) is 0 Å². The number of hydrogen-bond acceptors (Lipinski definition) is 2. The number of likely N-dealkylation sites (N-methyl/N-ethyl adjacent to an activating group) is 1. The molecule has 1 aromatic rings. The molecule has 0 aromatic heterocycles. The number of piperidine rings is 1. The zero-order valence-corrected chi connectivity index (χ0v) is 13.1. The third kappa shape index (κ3) is 2.51. The molecule has 0 saturated carbocycles. The van der Waals surface area contributed by atoms with Crippen LogP contribution < -0.4 is 5.32 Å². The molecule has 1 saturated heterocycles. The van der Waals surface area contributed by atoms with E-state index in [0.717, 1.165) is 12.0 Å². The topological polar surface area (TPSA) is 15.3 Å². The van der Waals surface area contributed by atoms with E-state index in [2.05, 4.69) is 55.4 Å². The van der Waals surface area contributed by atoms with Crippen molar-refractivity contribution in [3.63, 3.8) is 0 Å². The molecular formula is C18H28N2. The Morgan fingerprint density at radius 2 is 1.95 bits per heavy atom. The summed E-state index contributed by atoms with van der Waals surface area (Å²) in [6.07, 6.45) is 5.24. The van der Waals surface area contributed by atoms with Gasteiger partial charge >= 0.3 is 0 Å². The summed E-state index contributed by atoms with van der Waals surface area (Å²) in [5.74, 6) is 0.894. The Labute approximate surface area is 123 Å². The lowest BCUT2D eigenvalue weighted by atomic mass is 9.81. The highest BCUT2D eigenvalue weighted by atomic mass is 15.2. The van der Waals surface area contributed by atoms with Crippen molar-refractivity contribution in [2.45, 2.75) is 57.7 Å². The number of benzene rings is 1. The molecule has 4 unspecified atom stereocenters. The molecule has 1 heterocycles. The van der Waals surface area contributed by atoms with E-state index in [1.165, 1.54) is 37.8 Å². The van der Waals surface area contributed by atoms with Crippen LogP contribution in [0.3, 0.4) is 0 Å². The summed E-state index contributed by atoms with van der Waals surface area (Å²) in [6, 6.07) is 10.9. The molecule has 2 nitrogen and oxygen atoms in total. The van der Waals surface area contributed by atoms with Gasteiger partial charge in [0.25, 0.3) is 0 Å². The van der Waals surface area contributed by atoms with Crippen LogP contribution in [0.5, 0.6) is 0 Å². The molecular weight excluding hydrogens is 244 g/mol. The zero-order chi connectivity index (χ0) is 14.1. The van der Waals surface area contributed by atoms with Gasteiger partial charge in [0.05, 0.1) is 0 Å². The van der Waals surface area contributed by atoms with Crippen LogP contribution >= 0.6 is 0 Å². The Balaban J connectivity index is 1.84. The lowest BCUT2D eigenvalue weighted by molar-refractivity contribution is 0.0545. The Morgan fingerprint density at radius 1 is 1.15 bits per heavy atom. The molecule has 1 aromatic carbocycles. The van der Waals surface area contributed by atoms with Crippen molar-refractivity contribution < 1.29 is 0 Å². The van der Waals surface area contributed by atoms with Gasteiger partial charge in [-0.2, -0.15) is 0 Å². The first-order valence-corrected chi connectivity index (χ1v) is 8.21. The van der Waals surface area contributed by atoms with Crippen molar-refractivity contribution in [1.29, 1.82) is 0 Å². The maximum Gasteiger partial charge on any atom is 0.0478 e. The van der Waals surface area contributed by atoms with Crippen molar-refractivity contribution in [2.24, 2.45) is 5.92 Å². The minimum absolute atomic E-state index is 0.496. The Hall–Kier alpha value is -0.860. The van der Waals surface area contributed by atoms with Gasteiger partial charge in [0.1, 0.15) is 0 Å². The number of rotatable bonds is 2. The molecule has 0 radical (unpaired) electrons. The smallest absolute Gasteiger partial charge is 0.0478 e. The van der Waals surface area contributed by atoms with Crippen molar-refractivity contribution in [2.75, 3.05) is 13.6 Å². The van der Waals surface area contributed by atoms with E-state index in [1.807, 2.05) is 0 Å². The van der Waals surface area contributed by atoms with E-state index in [9.17, 15) is 0 Å². The SMILES string of the molecule is CNC1c2ccccc2CCC1N1CCC(C)CC1C. The van der Waals surface area contributed by atoms with Crippen LogP contribution in [0.2, 0.25) is 0 Å². The van der Waals surface area contributed by atoms with Crippen LogP contribution in [0.15, 0.2) is 24.3 Å². The summed E-state index contributed by atoms with van der Waals surface area (Å²) < 4.78 is 0. The predicted octanol–water partition coefficient (Wildman–Crippen LogP) is 3.38. The third-order valence-electron chi connectivity index (χ3n) is 5.41. The number of aryl methyl sites for hydroxylation is 1. The van der Waals surface area contributed by atoms with E-state index in [0.29, 0.717) is 12.1 Å². The molecule has 2 heteroatoms. The molecule has 0 spiro atoms. The number of fused-ring (bicyclic) bond motifs is 1. The van der Waals surface area contributed by atoms with Gasteiger partial charge in [-0.1, -0.05) is 31.2 Å². The fourth-order valence-electron chi connectivity index (χ4n) is 4.37. The molecule has 20 heavy (non-hydrogen) atoms. The molecule has 4 atom stereocenters. The van der Waals surface area contributed by atoms with Crippen LogP contribution in [0.4, 0.5) is 0 Å². The Morgan fingerprint density at radius 3 is 2.70 bits per heavy atom. The van der Waals surface area contributed by atoms with Gasteiger partial charge in [0.15, 0.2) is 0 Å². The second-order valence-corrected chi connectivity index (χ2v) is 6.79. The summed E-state index contributed by atoms with van der Waals surface area (Å²) >= 11 is 0. The first-order chi connectivity index (χ1) is 9.70. The van der Waals surface area contributed by atoms with E-state index in [-0.39, 0.29) is 0 Å². The minimum atomic E-state index is 0.496. The number of nitrogens with one attached hydrogen (secondary N) is 1. The average Bonchev–Trinajstić information content (AvgIpc) is 2.46. The molecule has 1 aliphatic heterocycles.